The lowest BCUT2D eigenvalue weighted by Crippen LogP contribution is -2.05. The monoisotopic (exact) mass is 229 g/mol. The fraction of sp³-hybridized carbons (Fsp3) is 0.200. The fourth-order valence-electron chi connectivity index (χ4n) is 1.79. The van der Waals surface area contributed by atoms with Gasteiger partial charge >= 0.3 is 0 Å². The fourth-order valence-corrected chi connectivity index (χ4v) is 1.79. The number of aromatic nitrogens is 6. The molecule has 0 amide bonds. The maximum Gasteiger partial charge on any atom is 0.182 e. The van der Waals surface area contributed by atoms with Crippen LogP contribution in [0.15, 0.2) is 18.7 Å². The number of aromatic amines is 1. The normalized spacial score (nSPS) is 11.1. The van der Waals surface area contributed by atoms with Gasteiger partial charge in [-0.2, -0.15) is 0 Å². The number of nitrogens with zero attached hydrogens (tertiary/aromatic N) is 5. The summed E-state index contributed by atoms with van der Waals surface area (Å²) < 4.78 is 1.72. The van der Waals surface area contributed by atoms with Gasteiger partial charge < -0.3 is 10.7 Å². The first kappa shape index (κ1) is 9.76. The van der Waals surface area contributed by atoms with Crippen molar-refractivity contribution in [1.82, 2.24) is 29.7 Å². The second-order valence-electron chi connectivity index (χ2n) is 3.62. The minimum absolute atomic E-state index is 0.480. The average molecular weight is 229 g/mol. The van der Waals surface area contributed by atoms with Crippen LogP contribution in [0, 0.1) is 0 Å². The quantitative estimate of drug-likeness (QED) is 0.673. The zero-order chi connectivity index (χ0) is 11.8. The van der Waals surface area contributed by atoms with Crippen LogP contribution in [0.3, 0.4) is 0 Å². The predicted molar refractivity (Wildman–Crippen MR) is 62.6 cm³/mol. The standard InChI is InChI=1S/C10H11N7/c1-2-6-3-7(11)16-17(6)10-8-9(13-4-12-8)14-5-15-10/h3-5H,2H2,1H3,(H2,11,16)(H,12,13,14,15). The molecule has 0 unspecified atom stereocenters. The first-order chi connectivity index (χ1) is 8.29. The number of nitrogens with two attached hydrogens (primary N) is 1. The largest absolute Gasteiger partial charge is 0.382 e. The van der Waals surface area contributed by atoms with E-state index in [1.807, 2.05) is 13.0 Å². The Bertz CT molecular complexity index is 666. The molecule has 0 spiro atoms. The van der Waals surface area contributed by atoms with Crippen LogP contribution in [0.1, 0.15) is 12.6 Å². The molecule has 0 atom stereocenters. The number of nitrogen functional groups attached to an aromatic ring is 1. The van der Waals surface area contributed by atoms with Crippen molar-refractivity contribution in [2.45, 2.75) is 13.3 Å². The van der Waals surface area contributed by atoms with Crippen LogP contribution in [0.4, 0.5) is 5.82 Å². The molecule has 3 heterocycles. The SMILES string of the molecule is CCc1cc(N)nn1-c1ncnc2nc[nH]c12. The Labute approximate surface area is 96.7 Å². The van der Waals surface area contributed by atoms with Gasteiger partial charge in [0.15, 0.2) is 11.5 Å². The highest BCUT2D eigenvalue weighted by Crippen LogP contribution is 2.17. The molecule has 0 aliphatic rings. The van der Waals surface area contributed by atoms with Crippen LogP contribution in [-0.2, 0) is 6.42 Å². The lowest BCUT2D eigenvalue weighted by molar-refractivity contribution is 0.794. The molecule has 0 fully saturated rings. The van der Waals surface area contributed by atoms with Crippen LogP contribution in [0.25, 0.3) is 17.0 Å². The van der Waals surface area contributed by atoms with Crippen molar-refractivity contribution in [1.29, 1.82) is 0 Å². The summed E-state index contributed by atoms with van der Waals surface area (Å²) in [5, 5.41) is 4.24. The number of aryl methyl sites for hydroxylation is 1. The third kappa shape index (κ3) is 1.43. The Balaban J connectivity index is 2.29. The number of nitrogens with one attached hydrogen (secondary N) is 1. The summed E-state index contributed by atoms with van der Waals surface area (Å²) >= 11 is 0. The van der Waals surface area contributed by atoms with E-state index in [-0.39, 0.29) is 0 Å². The zero-order valence-electron chi connectivity index (χ0n) is 9.25. The summed E-state index contributed by atoms with van der Waals surface area (Å²) in [6.07, 6.45) is 3.88. The Morgan fingerprint density at radius 1 is 1.35 bits per heavy atom. The molecule has 0 radical (unpaired) electrons. The van der Waals surface area contributed by atoms with Crippen LogP contribution in [-0.4, -0.2) is 29.7 Å². The van der Waals surface area contributed by atoms with Gasteiger partial charge in [-0.3, -0.25) is 0 Å². The third-order valence-electron chi connectivity index (χ3n) is 2.57. The molecule has 86 valence electrons. The van der Waals surface area contributed by atoms with Gasteiger partial charge in [0.25, 0.3) is 0 Å². The highest BCUT2D eigenvalue weighted by molar-refractivity contribution is 5.77. The highest BCUT2D eigenvalue weighted by atomic mass is 15.3. The van der Waals surface area contributed by atoms with Gasteiger partial charge in [-0.05, 0) is 6.42 Å². The second-order valence-corrected chi connectivity index (χ2v) is 3.62. The molecule has 0 saturated carbocycles. The first-order valence-electron chi connectivity index (χ1n) is 5.28. The topological polar surface area (TPSA) is 98.3 Å². The maximum absolute atomic E-state index is 5.71. The Morgan fingerprint density at radius 2 is 2.24 bits per heavy atom. The van der Waals surface area contributed by atoms with Crippen molar-refractivity contribution in [3.8, 4) is 5.82 Å². The Hall–Kier alpha value is -2.44. The summed E-state index contributed by atoms with van der Waals surface area (Å²) in [6.45, 7) is 2.04. The molecule has 0 saturated heterocycles. The van der Waals surface area contributed by atoms with E-state index in [1.54, 1.807) is 11.0 Å². The Morgan fingerprint density at radius 3 is 3.06 bits per heavy atom. The van der Waals surface area contributed by atoms with Crippen molar-refractivity contribution in [3.63, 3.8) is 0 Å². The molecule has 0 aliphatic carbocycles. The highest BCUT2D eigenvalue weighted by Gasteiger charge is 2.12. The number of fused-ring (bicyclic) bond motifs is 1. The number of rotatable bonds is 2. The smallest absolute Gasteiger partial charge is 0.182 e. The lowest BCUT2D eigenvalue weighted by atomic mass is 10.3. The Kier molecular flexibility index (Phi) is 2.04. The minimum Gasteiger partial charge on any atom is -0.382 e. The molecule has 0 aromatic carbocycles. The van der Waals surface area contributed by atoms with Gasteiger partial charge in [-0.1, -0.05) is 6.92 Å². The number of hydrogen-bond acceptors (Lipinski definition) is 5. The molecule has 3 aromatic heterocycles. The molecule has 7 heteroatoms. The molecule has 0 bridgehead atoms. The van der Waals surface area contributed by atoms with Gasteiger partial charge in [-0.15, -0.1) is 5.10 Å². The molecule has 3 N–H and O–H groups in total. The van der Waals surface area contributed by atoms with E-state index in [4.69, 9.17) is 5.73 Å². The maximum atomic E-state index is 5.71. The van der Waals surface area contributed by atoms with E-state index in [2.05, 4.69) is 25.0 Å². The summed E-state index contributed by atoms with van der Waals surface area (Å²) in [4.78, 5) is 15.4. The van der Waals surface area contributed by atoms with Gasteiger partial charge in [0.2, 0.25) is 0 Å². The van der Waals surface area contributed by atoms with Crippen LogP contribution < -0.4 is 5.73 Å². The van der Waals surface area contributed by atoms with E-state index in [1.165, 1.54) is 6.33 Å². The molecule has 17 heavy (non-hydrogen) atoms. The minimum atomic E-state index is 0.480. The number of hydrogen-bond donors (Lipinski definition) is 2. The van der Waals surface area contributed by atoms with Crippen molar-refractivity contribution >= 4 is 17.0 Å². The van der Waals surface area contributed by atoms with Crippen LogP contribution >= 0.6 is 0 Å². The van der Waals surface area contributed by atoms with E-state index < -0.39 is 0 Å². The summed E-state index contributed by atoms with van der Waals surface area (Å²) in [7, 11) is 0. The molecular formula is C10H11N7. The number of imidazole rings is 1. The van der Waals surface area contributed by atoms with Crippen molar-refractivity contribution < 1.29 is 0 Å². The van der Waals surface area contributed by atoms with Crippen molar-refractivity contribution in [3.05, 3.63) is 24.4 Å². The van der Waals surface area contributed by atoms with Crippen molar-refractivity contribution in [2.75, 3.05) is 5.73 Å². The van der Waals surface area contributed by atoms with E-state index in [0.717, 1.165) is 17.6 Å². The molecule has 0 aliphatic heterocycles. The predicted octanol–water partition coefficient (Wildman–Crippen LogP) is 0.683. The zero-order valence-corrected chi connectivity index (χ0v) is 9.25. The summed E-state index contributed by atoms with van der Waals surface area (Å²) in [5.74, 6) is 1.15. The second kappa shape index (κ2) is 3.55. The molecular weight excluding hydrogens is 218 g/mol. The van der Waals surface area contributed by atoms with E-state index in [9.17, 15) is 0 Å². The van der Waals surface area contributed by atoms with Crippen LogP contribution in [0.2, 0.25) is 0 Å². The van der Waals surface area contributed by atoms with Gasteiger partial charge in [0, 0.05) is 11.8 Å². The molecule has 3 aromatic rings. The van der Waals surface area contributed by atoms with E-state index >= 15 is 0 Å². The first-order valence-corrected chi connectivity index (χ1v) is 5.28. The average Bonchev–Trinajstić information content (AvgIpc) is 2.93. The van der Waals surface area contributed by atoms with Crippen molar-refractivity contribution in [2.24, 2.45) is 0 Å². The third-order valence-corrected chi connectivity index (χ3v) is 2.57. The van der Waals surface area contributed by atoms with Gasteiger partial charge in [0.1, 0.15) is 17.7 Å². The van der Waals surface area contributed by atoms with E-state index in [0.29, 0.717) is 17.3 Å². The molecule has 3 rings (SSSR count). The lowest BCUT2D eigenvalue weighted by Gasteiger charge is -2.04. The summed E-state index contributed by atoms with van der Waals surface area (Å²) in [6, 6.07) is 1.84. The van der Waals surface area contributed by atoms with Gasteiger partial charge in [-0.25, -0.2) is 19.6 Å². The van der Waals surface area contributed by atoms with Gasteiger partial charge in [0.05, 0.1) is 6.33 Å². The number of H-pyrrole nitrogens is 1. The summed E-state index contributed by atoms with van der Waals surface area (Å²) in [5.41, 5.74) is 8.08. The van der Waals surface area contributed by atoms with Crippen LogP contribution in [0.5, 0.6) is 0 Å². The molecule has 7 nitrogen and oxygen atoms in total. The number of anilines is 1.